The van der Waals surface area contributed by atoms with Gasteiger partial charge in [-0.2, -0.15) is 0 Å². The van der Waals surface area contributed by atoms with Crippen LogP contribution in [-0.2, 0) is 19.1 Å². The quantitative estimate of drug-likeness (QED) is 0.376. The second kappa shape index (κ2) is 10.1. The lowest BCUT2D eigenvalue weighted by Crippen LogP contribution is -2.59. The van der Waals surface area contributed by atoms with Gasteiger partial charge in [0.15, 0.2) is 5.78 Å². The van der Waals surface area contributed by atoms with Crippen molar-refractivity contribution in [3.63, 3.8) is 0 Å². The van der Waals surface area contributed by atoms with Crippen molar-refractivity contribution in [1.82, 2.24) is 15.3 Å². The molecule has 1 unspecified atom stereocenters. The lowest BCUT2D eigenvalue weighted by molar-refractivity contribution is -0.139. The van der Waals surface area contributed by atoms with E-state index in [0.29, 0.717) is 0 Å². The number of rotatable bonds is 5. The summed E-state index contributed by atoms with van der Waals surface area (Å²) in [6, 6.07) is 0. The minimum atomic E-state index is -1.23. The predicted octanol–water partition coefficient (Wildman–Crippen LogP) is 2.91. The van der Waals surface area contributed by atoms with E-state index in [1.54, 1.807) is 31.1 Å². The van der Waals surface area contributed by atoms with Gasteiger partial charge >= 0.3 is 18.2 Å². The van der Waals surface area contributed by atoms with Crippen molar-refractivity contribution < 1.29 is 28.7 Å². The van der Waals surface area contributed by atoms with E-state index in [0.717, 1.165) is 11.4 Å². The Hall–Kier alpha value is -2.88. The maximum Gasteiger partial charge on any atom is 0.437 e. The molecule has 0 aromatic rings. The number of halogens is 1. The first kappa shape index (κ1) is 22.4. The number of esters is 1. The maximum absolute atomic E-state index is 12.8. The summed E-state index contributed by atoms with van der Waals surface area (Å²) in [5, 5.41) is 0.842. The van der Waals surface area contributed by atoms with Gasteiger partial charge in [0.2, 0.25) is 0 Å². The second-order valence-electron chi connectivity index (χ2n) is 6.12. The van der Waals surface area contributed by atoms with Crippen LogP contribution in [0.1, 0.15) is 26.7 Å². The molecule has 0 saturated carbocycles. The van der Waals surface area contributed by atoms with Gasteiger partial charge in [0, 0.05) is 12.4 Å². The van der Waals surface area contributed by atoms with E-state index in [2.05, 4.69) is 21.4 Å². The molecule has 9 nitrogen and oxygen atoms in total. The lowest BCUT2D eigenvalue weighted by atomic mass is 9.90. The number of allylic oxidation sites excluding steroid dienone is 4. The third-order valence-electron chi connectivity index (χ3n) is 4.16. The highest BCUT2D eigenvalue weighted by atomic mass is 79.9. The van der Waals surface area contributed by atoms with Gasteiger partial charge in [-0.05, 0) is 53.9 Å². The lowest BCUT2D eigenvalue weighted by Gasteiger charge is -2.38. The van der Waals surface area contributed by atoms with Crippen LogP contribution in [-0.4, -0.2) is 52.5 Å². The van der Waals surface area contributed by atoms with E-state index < -0.39 is 23.7 Å². The Morgan fingerprint density at radius 2 is 1.97 bits per heavy atom. The van der Waals surface area contributed by atoms with Crippen molar-refractivity contribution in [3.8, 4) is 0 Å². The number of amides is 2. The highest BCUT2D eigenvalue weighted by Crippen LogP contribution is 2.30. The first-order chi connectivity index (χ1) is 13.8. The van der Waals surface area contributed by atoms with Crippen molar-refractivity contribution in [2.75, 3.05) is 13.2 Å². The first-order valence-corrected chi connectivity index (χ1v) is 9.80. The van der Waals surface area contributed by atoms with E-state index in [-0.39, 0.29) is 29.8 Å². The molecule has 10 heteroatoms. The van der Waals surface area contributed by atoms with Gasteiger partial charge < -0.3 is 14.4 Å². The molecule has 156 valence electrons. The fraction of sp³-hybridized carbons (Fsp3) is 0.368. The molecule has 0 bridgehead atoms. The van der Waals surface area contributed by atoms with Crippen LogP contribution in [0.2, 0.25) is 0 Å². The van der Waals surface area contributed by atoms with Gasteiger partial charge in [-0.1, -0.05) is 19.1 Å². The van der Waals surface area contributed by atoms with Crippen LogP contribution in [0.3, 0.4) is 0 Å². The average molecular weight is 468 g/mol. The zero-order valence-corrected chi connectivity index (χ0v) is 17.7. The topological polar surface area (TPSA) is 105 Å². The summed E-state index contributed by atoms with van der Waals surface area (Å²) in [6.45, 7) is 3.25. The number of ether oxygens (including phenoxy) is 2. The molecular weight excluding hydrogens is 446 g/mol. The van der Waals surface area contributed by atoms with Gasteiger partial charge in [-0.25, -0.2) is 24.8 Å². The SMILES string of the molecule is CCOC(=O)NN(C(=O)OC(=O)CN1C=CCC=C1)C1(CC)C=CC(=O)C(Br)=C1. The van der Waals surface area contributed by atoms with Crippen molar-refractivity contribution in [3.05, 3.63) is 47.3 Å². The van der Waals surface area contributed by atoms with Crippen LogP contribution < -0.4 is 5.43 Å². The molecule has 0 saturated heterocycles. The molecule has 1 N–H and O–H groups in total. The van der Waals surface area contributed by atoms with Crippen LogP contribution in [0, 0.1) is 0 Å². The Kier molecular flexibility index (Phi) is 7.77. The molecule has 2 aliphatic rings. The van der Waals surface area contributed by atoms with E-state index in [1.807, 2.05) is 12.2 Å². The fourth-order valence-electron chi connectivity index (χ4n) is 2.68. The minimum absolute atomic E-state index is 0.0776. The standard InChI is InChI=1S/C19H22BrN3O6/c1-3-19(9-8-15(24)14(20)12-19)23(21-17(26)28-4-2)18(27)29-16(25)13-22-10-6-5-7-11-22/h6-12H,3-5,13H2,1-2H3,(H,21,26). The van der Waals surface area contributed by atoms with Gasteiger partial charge in [-0.15, -0.1) is 0 Å². The van der Waals surface area contributed by atoms with Gasteiger partial charge in [-0.3, -0.25) is 4.79 Å². The summed E-state index contributed by atoms with van der Waals surface area (Å²) >= 11 is 3.15. The monoisotopic (exact) mass is 467 g/mol. The molecule has 29 heavy (non-hydrogen) atoms. The molecule has 1 aliphatic heterocycles. The molecule has 1 atom stereocenters. The number of nitrogens with one attached hydrogen (secondary N) is 1. The number of ketones is 1. The molecule has 1 heterocycles. The van der Waals surface area contributed by atoms with Crippen molar-refractivity contribution >= 4 is 39.9 Å². The number of carbonyl (C=O) groups is 4. The van der Waals surface area contributed by atoms with E-state index in [1.165, 1.54) is 18.2 Å². The Balaban J connectivity index is 2.22. The summed E-state index contributed by atoms with van der Waals surface area (Å²) in [4.78, 5) is 50.3. The van der Waals surface area contributed by atoms with E-state index in [4.69, 9.17) is 9.47 Å². The first-order valence-electron chi connectivity index (χ1n) is 9.00. The normalized spacial score (nSPS) is 20.2. The average Bonchev–Trinajstić information content (AvgIpc) is 2.69. The van der Waals surface area contributed by atoms with Crippen LogP contribution >= 0.6 is 15.9 Å². The molecular formula is C19H22BrN3O6. The summed E-state index contributed by atoms with van der Waals surface area (Å²) < 4.78 is 9.99. The molecule has 2 rings (SSSR count). The number of nitrogens with zero attached hydrogens (tertiary/aromatic N) is 2. The fourth-order valence-corrected chi connectivity index (χ4v) is 3.21. The molecule has 1 aliphatic carbocycles. The maximum atomic E-state index is 12.8. The van der Waals surface area contributed by atoms with Gasteiger partial charge in [0.05, 0.1) is 11.1 Å². The third kappa shape index (κ3) is 5.80. The molecule has 0 aromatic carbocycles. The number of hydrogen-bond donors (Lipinski definition) is 1. The van der Waals surface area contributed by atoms with Crippen LogP contribution in [0.4, 0.5) is 9.59 Å². The largest absolute Gasteiger partial charge is 0.449 e. The number of hydrogen-bond acceptors (Lipinski definition) is 7. The molecule has 0 aromatic heterocycles. The highest BCUT2D eigenvalue weighted by molar-refractivity contribution is 9.12. The zero-order chi connectivity index (χ0) is 21.4. The third-order valence-corrected chi connectivity index (χ3v) is 4.78. The predicted molar refractivity (Wildman–Crippen MR) is 107 cm³/mol. The summed E-state index contributed by atoms with van der Waals surface area (Å²) in [7, 11) is 0. The highest BCUT2D eigenvalue weighted by Gasteiger charge is 2.41. The van der Waals surface area contributed by atoms with E-state index >= 15 is 0 Å². The Morgan fingerprint density at radius 1 is 1.28 bits per heavy atom. The molecule has 2 amide bonds. The van der Waals surface area contributed by atoms with Crippen molar-refractivity contribution in [1.29, 1.82) is 0 Å². The Bertz CT molecular complexity index is 792. The van der Waals surface area contributed by atoms with Gasteiger partial charge in [0.1, 0.15) is 12.1 Å². The minimum Gasteiger partial charge on any atom is -0.449 e. The van der Waals surface area contributed by atoms with Crippen molar-refractivity contribution in [2.24, 2.45) is 0 Å². The summed E-state index contributed by atoms with van der Waals surface area (Å²) in [5.74, 6) is -1.11. The van der Waals surface area contributed by atoms with Gasteiger partial charge in [0.25, 0.3) is 0 Å². The van der Waals surface area contributed by atoms with E-state index in [9.17, 15) is 19.2 Å². The van der Waals surface area contributed by atoms with Crippen LogP contribution in [0.5, 0.6) is 0 Å². The summed E-state index contributed by atoms with van der Waals surface area (Å²) in [5.41, 5.74) is 1.07. The van der Waals surface area contributed by atoms with Crippen LogP contribution in [0.15, 0.2) is 47.3 Å². The molecule has 0 fully saturated rings. The van der Waals surface area contributed by atoms with Crippen molar-refractivity contribution in [2.45, 2.75) is 32.2 Å². The summed E-state index contributed by atoms with van der Waals surface area (Å²) in [6.07, 6.45) is 10.3. The van der Waals surface area contributed by atoms with Crippen LogP contribution in [0.25, 0.3) is 0 Å². The molecule has 0 radical (unpaired) electrons. The molecule has 0 spiro atoms. The second-order valence-corrected chi connectivity index (χ2v) is 6.97. The Labute approximate surface area is 176 Å². The zero-order valence-electron chi connectivity index (χ0n) is 16.1. The Morgan fingerprint density at radius 3 is 2.55 bits per heavy atom. The number of hydrazine groups is 1. The number of carbonyl (C=O) groups excluding carboxylic acids is 4. The smallest absolute Gasteiger partial charge is 0.437 e.